The van der Waals surface area contributed by atoms with Gasteiger partial charge in [0.1, 0.15) is 5.82 Å². The summed E-state index contributed by atoms with van der Waals surface area (Å²) in [7, 11) is 0. The predicted molar refractivity (Wildman–Crippen MR) is 85.0 cm³/mol. The Balaban J connectivity index is 1.84. The molecule has 0 spiro atoms. The van der Waals surface area contributed by atoms with Crippen molar-refractivity contribution in [3.8, 4) is 0 Å². The van der Waals surface area contributed by atoms with E-state index in [2.05, 4.69) is 23.0 Å². The molecule has 20 heavy (non-hydrogen) atoms. The first-order valence-corrected chi connectivity index (χ1v) is 8.34. The quantitative estimate of drug-likeness (QED) is 0.670. The molecule has 0 amide bonds. The summed E-state index contributed by atoms with van der Waals surface area (Å²) in [6, 6.07) is 0. The lowest BCUT2D eigenvalue weighted by Crippen LogP contribution is -2.14. The summed E-state index contributed by atoms with van der Waals surface area (Å²) in [5, 5.41) is 0. The highest BCUT2D eigenvalue weighted by Crippen LogP contribution is 2.34. The van der Waals surface area contributed by atoms with Crippen LogP contribution in [0.2, 0.25) is 0 Å². The van der Waals surface area contributed by atoms with Gasteiger partial charge < -0.3 is 0 Å². The van der Waals surface area contributed by atoms with Crippen molar-refractivity contribution in [3.63, 3.8) is 0 Å². The molecule has 2 nitrogen and oxygen atoms in total. The summed E-state index contributed by atoms with van der Waals surface area (Å²) in [4.78, 5) is 9.19. The van der Waals surface area contributed by atoms with E-state index in [1.165, 1.54) is 50.5 Å². The zero-order valence-electron chi connectivity index (χ0n) is 12.4. The van der Waals surface area contributed by atoms with Crippen LogP contribution in [0.15, 0.2) is 24.0 Å². The van der Waals surface area contributed by atoms with Crippen LogP contribution in [0.3, 0.4) is 0 Å². The van der Waals surface area contributed by atoms with Gasteiger partial charge >= 0.3 is 0 Å². The lowest BCUT2D eigenvalue weighted by molar-refractivity contribution is 0.366. The fraction of sp³-hybridized carbons (Fsp3) is 0.647. The molecule has 110 valence electrons. The minimum absolute atomic E-state index is 0.541. The zero-order valence-corrected chi connectivity index (χ0v) is 13.1. The van der Waals surface area contributed by atoms with Gasteiger partial charge in [-0.05, 0) is 50.0 Å². The van der Waals surface area contributed by atoms with E-state index < -0.39 is 0 Å². The van der Waals surface area contributed by atoms with Crippen LogP contribution in [0.5, 0.6) is 0 Å². The minimum Gasteiger partial charge on any atom is -0.241 e. The van der Waals surface area contributed by atoms with Gasteiger partial charge in [0.2, 0.25) is 0 Å². The van der Waals surface area contributed by atoms with Gasteiger partial charge in [-0.15, -0.1) is 0 Å². The molecule has 0 unspecified atom stereocenters. The van der Waals surface area contributed by atoms with Crippen LogP contribution in [0.1, 0.15) is 69.2 Å². The van der Waals surface area contributed by atoms with Gasteiger partial charge in [-0.2, -0.15) is 0 Å². The number of halogens is 1. The molecule has 1 heterocycles. The molecule has 0 aliphatic heterocycles. The highest BCUT2D eigenvalue weighted by atomic mass is 35.5. The molecule has 1 fully saturated rings. The van der Waals surface area contributed by atoms with E-state index in [4.69, 9.17) is 11.6 Å². The summed E-state index contributed by atoms with van der Waals surface area (Å²) in [5.74, 6) is 2.23. The largest absolute Gasteiger partial charge is 0.241 e. The van der Waals surface area contributed by atoms with Crippen LogP contribution >= 0.6 is 11.6 Å². The Bertz CT molecular complexity index is 406. The summed E-state index contributed by atoms with van der Waals surface area (Å²) in [6.45, 7) is 2.23. The molecule has 0 aromatic carbocycles. The normalized spacial score (nSPS) is 23.3. The Morgan fingerprint density at radius 1 is 1.15 bits per heavy atom. The Morgan fingerprint density at radius 2 is 1.85 bits per heavy atom. The van der Waals surface area contributed by atoms with Crippen molar-refractivity contribution in [2.24, 2.45) is 5.92 Å². The number of allylic oxidation sites excluding steroid dienone is 1. The van der Waals surface area contributed by atoms with E-state index in [0.717, 1.165) is 12.2 Å². The third-order valence-electron chi connectivity index (χ3n) is 4.28. The van der Waals surface area contributed by atoms with Gasteiger partial charge in [-0.1, -0.05) is 37.4 Å². The van der Waals surface area contributed by atoms with Crippen LogP contribution < -0.4 is 0 Å². The summed E-state index contributed by atoms with van der Waals surface area (Å²) < 4.78 is 0. The van der Waals surface area contributed by atoms with Crippen LogP contribution in [-0.2, 0) is 6.42 Å². The Morgan fingerprint density at radius 3 is 2.45 bits per heavy atom. The van der Waals surface area contributed by atoms with Gasteiger partial charge in [0, 0.05) is 23.8 Å². The maximum Gasteiger partial charge on any atom is 0.131 e. The first-order chi connectivity index (χ1) is 9.83. The molecule has 1 aromatic rings. The summed E-state index contributed by atoms with van der Waals surface area (Å²) in [6.07, 6.45) is 15.9. The van der Waals surface area contributed by atoms with Gasteiger partial charge in [-0.3, -0.25) is 0 Å². The summed E-state index contributed by atoms with van der Waals surface area (Å²) in [5.41, 5.74) is 2.94. The third kappa shape index (κ3) is 4.59. The number of hydrogen-bond donors (Lipinski definition) is 0. The lowest BCUT2D eigenvalue weighted by Gasteiger charge is -2.25. The van der Waals surface area contributed by atoms with Crippen molar-refractivity contribution in [1.82, 2.24) is 9.97 Å². The smallest absolute Gasteiger partial charge is 0.131 e. The van der Waals surface area contributed by atoms with Crippen molar-refractivity contribution in [1.29, 1.82) is 0 Å². The van der Waals surface area contributed by atoms with Crippen molar-refractivity contribution >= 4 is 11.6 Å². The molecular weight excluding hydrogens is 268 g/mol. The van der Waals surface area contributed by atoms with E-state index >= 15 is 0 Å². The Hall–Kier alpha value is -0.890. The van der Waals surface area contributed by atoms with Crippen LogP contribution in [0, 0.1) is 5.92 Å². The number of unbranched alkanes of at least 4 members (excludes halogenated alkanes) is 2. The molecule has 1 aliphatic carbocycles. The molecule has 0 radical (unpaired) electrons. The van der Waals surface area contributed by atoms with Crippen LogP contribution in [0.4, 0.5) is 0 Å². The molecule has 3 heteroatoms. The van der Waals surface area contributed by atoms with Gasteiger partial charge in [0.25, 0.3) is 0 Å². The first-order valence-electron chi connectivity index (χ1n) is 7.91. The predicted octanol–water partition coefficient (Wildman–Crippen LogP) is 5.24. The van der Waals surface area contributed by atoms with Crippen LogP contribution in [0.25, 0.3) is 0 Å². The standard InChI is InChI=1S/C17H25ClN2/c1-2-3-4-5-15-12-19-17(20-13-15)16-8-6-14(7-9-16)10-11-18/h10-14,16H,2-9H2,1H3. The molecule has 1 aromatic heterocycles. The first kappa shape index (κ1) is 15.5. The maximum atomic E-state index is 5.65. The molecule has 0 saturated heterocycles. The molecule has 0 atom stereocenters. The zero-order chi connectivity index (χ0) is 14.2. The van der Waals surface area contributed by atoms with E-state index in [-0.39, 0.29) is 0 Å². The highest BCUT2D eigenvalue weighted by Gasteiger charge is 2.22. The van der Waals surface area contributed by atoms with Gasteiger partial charge in [-0.25, -0.2) is 9.97 Å². The number of nitrogens with zero attached hydrogens (tertiary/aromatic N) is 2. The topological polar surface area (TPSA) is 25.8 Å². The molecule has 0 bridgehead atoms. The van der Waals surface area contributed by atoms with Crippen LogP contribution in [-0.4, -0.2) is 9.97 Å². The Labute approximate surface area is 127 Å². The molecule has 0 N–H and O–H groups in total. The number of aromatic nitrogens is 2. The highest BCUT2D eigenvalue weighted by molar-refractivity contribution is 6.25. The number of rotatable bonds is 6. The van der Waals surface area contributed by atoms with Crippen molar-refractivity contribution in [3.05, 3.63) is 35.4 Å². The van der Waals surface area contributed by atoms with Crippen molar-refractivity contribution < 1.29 is 0 Å². The monoisotopic (exact) mass is 292 g/mol. The van der Waals surface area contributed by atoms with Gasteiger partial charge in [0.05, 0.1) is 0 Å². The average molecular weight is 293 g/mol. The van der Waals surface area contributed by atoms with Gasteiger partial charge in [0.15, 0.2) is 0 Å². The SMILES string of the molecule is CCCCCc1cnc(C2CCC(C=CCl)CC2)nc1. The van der Waals surface area contributed by atoms with E-state index in [9.17, 15) is 0 Å². The Kier molecular flexibility index (Phi) is 6.52. The molecule has 1 aliphatic rings. The van der Waals surface area contributed by atoms with Crippen molar-refractivity contribution in [2.75, 3.05) is 0 Å². The van der Waals surface area contributed by atoms with E-state index in [1.54, 1.807) is 5.54 Å². The second-order valence-electron chi connectivity index (χ2n) is 5.84. The van der Waals surface area contributed by atoms with E-state index in [0.29, 0.717) is 11.8 Å². The second-order valence-corrected chi connectivity index (χ2v) is 6.09. The average Bonchev–Trinajstić information content (AvgIpc) is 2.49. The number of aryl methyl sites for hydroxylation is 1. The van der Waals surface area contributed by atoms with E-state index in [1.807, 2.05) is 12.4 Å². The minimum atomic E-state index is 0.541. The lowest BCUT2D eigenvalue weighted by atomic mass is 9.81. The fourth-order valence-electron chi connectivity index (χ4n) is 2.96. The maximum absolute atomic E-state index is 5.65. The molecule has 2 rings (SSSR count). The molecular formula is C17H25ClN2. The number of hydrogen-bond acceptors (Lipinski definition) is 2. The third-order valence-corrected chi connectivity index (χ3v) is 4.42. The fourth-order valence-corrected chi connectivity index (χ4v) is 3.16. The summed E-state index contributed by atoms with van der Waals surface area (Å²) >= 11 is 5.65. The van der Waals surface area contributed by atoms with Crippen molar-refractivity contribution in [2.45, 2.75) is 64.2 Å². The molecule has 1 saturated carbocycles. The second kappa shape index (κ2) is 8.41.